The van der Waals surface area contributed by atoms with Gasteiger partial charge in [0.15, 0.2) is 103 Å². The van der Waals surface area contributed by atoms with E-state index in [4.69, 9.17) is 125 Å². The minimum absolute atomic E-state index is 0.0251. The van der Waals surface area contributed by atoms with Gasteiger partial charge in [0.2, 0.25) is 23.8 Å². The van der Waals surface area contributed by atoms with Gasteiger partial charge in [-0.05, 0) is 40.7 Å². The van der Waals surface area contributed by atoms with Crippen LogP contribution < -0.4 is 74.0 Å². The molecule has 10 aromatic heterocycles. The van der Waals surface area contributed by atoms with Crippen LogP contribution in [0.2, 0.25) is 0 Å². The number of H-pyrrole nitrogens is 4. The SMILES string of the molecule is C#CC1(N)[C@@H](O)[C@@H]([C@H](C)O)O[C@H]1n1cc(F)c2c(=O)[nH]c(N)nc21.C#CC1(N)[C@@H](O)[C@@H]([C@H](C)O)O[C@H]1n1ccc2c(=O)[nH]c(N)nc21.C#CC1(N)[C@@H](O)[C@@H]([C@H](C)O)O[C@H]1n1cnc2c(=O)[nH]c(N)nc21.C#CC1(N)[C@@H](O)[C@@H]([C@H](C)O)O[C@H]1n1cnc2c(=S)nc(N)[nH]c21.C#CC1(N)[C@@H](O)[C@@H]([C@H](C)O)O[C@H]1n1cnc2cnc(N)nc21. The molecule has 5 saturated heterocycles. The predicted octanol–water partition coefficient (Wildman–Crippen LogP) is -8.22. The summed E-state index contributed by atoms with van der Waals surface area (Å²) in [6.07, 6.45) is 13.7. The van der Waals surface area contributed by atoms with Crippen LogP contribution in [0.4, 0.5) is 34.1 Å². The Bertz CT molecular complexity index is 5510. The Morgan fingerprint density at radius 1 is 0.461 bits per heavy atom. The Balaban J connectivity index is 0.000000142. The lowest BCUT2D eigenvalue weighted by Crippen LogP contribution is -2.54. The lowest BCUT2D eigenvalue weighted by molar-refractivity contribution is -0.0757. The third-order valence-electron chi connectivity index (χ3n) is 19.9. The average Bonchev–Trinajstić information content (AvgIpc) is 1.62. The van der Waals surface area contributed by atoms with Gasteiger partial charge in [0.25, 0.3) is 16.7 Å². The van der Waals surface area contributed by atoms with E-state index in [1.807, 2.05) is 0 Å². The van der Waals surface area contributed by atoms with Crippen molar-refractivity contribution in [2.75, 3.05) is 28.7 Å². The summed E-state index contributed by atoms with van der Waals surface area (Å²) < 4.78 is 49.5. The molecule has 115 heavy (non-hydrogen) atoms. The summed E-state index contributed by atoms with van der Waals surface area (Å²) in [5, 5.41) is 100. The van der Waals surface area contributed by atoms with Crippen molar-refractivity contribution in [1.29, 1.82) is 0 Å². The monoisotopic (exact) mass is 1620 g/mol. The van der Waals surface area contributed by atoms with Crippen molar-refractivity contribution in [2.45, 2.75) is 185 Å². The highest BCUT2D eigenvalue weighted by molar-refractivity contribution is 7.71. The van der Waals surface area contributed by atoms with Crippen molar-refractivity contribution in [1.82, 2.24) is 87.6 Å². The molecular weight excluding hydrogens is 1540 g/mol. The van der Waals surface area contributed by atoms with E-state index in [9.17, 15) is 69.8 Å². The van der Waals surface area contributed by atoms with E-state index in [0.29, 0.717) is 22.3 Å². The molecule has 5 unspecified atom stereocenters. The van der Waals surface area contributed by atoms with E-state index >= 15 is 0 Å². The lowest BCUT2D eigenvalue weighted by atomic mass is 9.90. The van der Waals surface area contributed by atoms with Crippen molar-refractivity contribution < 1.29 is 79.1 Å². The normalized spacial score (nSPS) is 32.1. The zero-order valence-electron chi connectivity index (χ0n) is 61.0. The van der Waals surface area contributed by atoms with Crippen molar-refractivity contribution >= 4 is 97.5 Å². The van der Waals surface area contributed by atoms with E-state index in [2.05, 4.69) is 94.4 Å². The largest absolute Gasteiger partial charge is 0.391 e. The number of hydrogen-bond acceptors (Lipinski definition) is 38. The van der Waals surface area contributed by atoms with Crippen LogP contribution in [-0.4, -0.2) is 258 Å². The van der Waals surface area contributed by atoms with E-state index < -0.39 is 173 Å². The topological polar surface area (TPSA) is 764 Å². The molecule has 5 aliphatic rings. The number of ether oxygens (including phenoxy) is 5. The van der Waals surface area contributed by atoms with Gasteiger partial charge in [-0.2, -0.15) is 19.9 Å². The molecule has 5 fully saturated rings. The molecule has 34 N–H and O–H groups in total. The van der Waals surface area contributed by atoms with Crippen LogP contribution in [-0.2, 0) is 23.7 Å². The van der Waals surface area contributed by atoms with Gasteiger partial charge < -0.3 is 142 Å². The molecule has 0 aliphatic carbocycles. The van der Waals surface area contributed by atoms with Crippen LogP contribution in [0.1, 0.15) is 65.8 Å². The number of terminal acetylenes is 5. The minimum atomic E-state index is -1.78. The predicted molar refractivity (Wildman–Crippen MR) is 406 cm³/mol. The molecule has 0 radical (unpaired) electrons. The van der Waals surface area contributed by atoms with Crippen molar-refractivity contribution in [3.8, 4) is 61.7 Å². The molecule has 48 heteroatoms. The number of aromatic nitrogens is 18. The number of aromatic amines is 4. The Labute approximate surface area is 651 Å². The van der Waals surface area contributed by atoms with Gasteiger partial charge in [-0.25, -0.2) is 29.3 Å². The smallest absolute Gasteiger partial charge is 0.280 e. The molecule has 46 nitrogen and oxygen atoms in total. The maximum absolute atomic E-state index is 14.2. The van der Waals surface area contributed by atoms with Crippen LogP contribution in [0.3, 0.4) is 0 Å². The fourth-order valence-electron chi connectivity index (χ4n) is 13.7. The van der Waals surface area contributed by atoms with Crippen LogP contribution in [0.15, 0.2) is 58.0 Å². The van der Waals surface area contributed by atoms with Crippen LogP contribution >= 0.6 is 12.2 Å². The third kappa shape index (κ3) is 14.3. The zero-order chi connectivity index (χ0) is 84.7. The Hall–Kier alpha value is -11.6. The number of nitrogens with zero attached hydrogens (tertiary/aromatic N) is 14. The number of nitrogen functional groups attached to an aromatic ring is 5. The fraction of sp³-hybridized carbons (Fsp3) is 0.448. The van der Waals surface area contributed by atoms with Crippen LogP contribution in [0.25, 0.3) is 55.6 Å². The molecular formula is C67H81FN28O18S. The van der Waals surface area contributed by atoms with E-state index in [0.717, 1.165) is 10.8 Å². The first-order chi connectivity index (χ1) is 54.0. The van der Waals surface area contributed by atoms with Crippen LogP contribution in [0.5, 0.6) is 0 Å². The van der Waals surface area contributed by atoms with Crippen LogP contribution in [0, 0.1) is 72.2 Å². The number of nitrogens with two attached hydrogens (primary N) is 10. The van der Waals surface area contributed by atoms with Gasteiger partial charge in [-0.1, -0.05) is 41.8 Å². The standard InChI is InChI=1S/C14H16FN5O4.C14H17N5O4.C13H16N6O4.C13H16N6O3S.C13H16N6O3/c1-3-14(17)9(22)8(5(2)21)24-12(14)20-4-6(15)7-10(20)18-13(16)19-11(7)23;1-3-14(16)9(21)8(6(2)20)23-12(14)19-5-4-7-10(19)17-13(15)18-11(7)22;1-3-13(15)8(21)7(5(2)20)23-11(13)19-4-16-6-9(19)17-12(14)18-10(6)22;1-3-13(15)8(21)7(5(2)20)22-11(13)19-4-16-6-9(19)17-12(14)18-10(6)23;1-3-13(15)9(21)8(6(2)20)22-11(13)19-5-17-7-4-16-12(14)18-10(7)19/h1,4-5,8-9,12,21-22H,17H2,2H3,(H3,16,18,19,23);1,4-6,8-9,12,20-21H,16H2,2H3,(H3,15,17,18,22);1,4-5,7-8,11,20-21H,15H2,2H3,(H3,14,17,18,22);1,4-5,7-8,11,20-21H,15H2,2H3,(H3,14,17,18,23);1,4-6,8-9,11,20-21H,15H2,2H3,(H2,14,16,18)/t5-,8+,9-,12+,14?;6-,8+,9-,12+,14?;2*5-,7+,8-,11+,13?;6-,8+,9-,11+,13?/m00000/s1. The molecule has 610 valence electrons. The minimum Gasteiger partial charge on any atom is -0.391 e. The Morgan fingerprint density at radius 3 is 1.26 bits per heavy atom. The number of aliphatic hydroxyl groups excluding tert-OH is 10. The number of imidazole rings is 3. The maximum Gasteiger partial charge on any atom is 0.280 e. The third-order valence-corrected chi connectivity index (χ3v) is 20.2. The summed E-state index contributed by atoms with van der Waals surface area (Å²) in [7, 11) is 0. The number of aliphatic hydroxyl groups is 10. The fourth-order valence-corrected chi connectivity index (χ4v) is 14.0. The van der Waals surface area contributed by atoms with Gasteiger partial charge in [0.1, 0.15) is 83.1 Å². The number of fused-ring (bicyclic) bond motifs is 5. The summed E-state index contributed by atoms with van der Waals surface area (Å²) >= 11 is 5.11. The van der Waals surface area contributed by atoms with Crippen molar-refractivity contribution in [3.63, 3.8) is 0 Å². The number of nitrogens with one attached hydrogen (secondary N) is 4. The van der Waals surface area contributed by atoms with E-state index in [1.54, 1.807) is 0 Å². The molecule has 0 spiro atoms. The molecule has 0 aromatic carbocycles. The molecule has 15 heterocycles. The van der Waals surface area contributed by atoms with Gasteiger partial charge >= 0.3 is 0 Å². The van der Waals surface area contributed by atoms with Gasteiger partial charge in [0.05, 0.1) is 61.1 Å². The van der Waals surface area contributed by atoms with Gasteiger partial charge in [-0.3, -0.25) is 47.6 Å². The van der Waals surface area contributed by atoms with Crippen molar-refractivity contribution in [2.24, 2.45) is 28.7 Å². The highest BCUT2D eigenvalue weighted by atomic mass is 32.1. The Kier molecular flexibility index (Phi) is 23.0. The summed E-state index contributed by atoms with van der Waals surface area (Å²) in [4.78, 5) is 81.4. The van der Waals surface area contributed by atoms with E-state index in [1.165, 1.54) is 90.3 Å². The molecule has 0 amide bonds. The molecule has 0 saturated carbocycles. The van der Waals surface area contributed by atoms with Gasteiger partial charge in [-0.15, -0.1) is 32.1 Å². The number of hydrogen-bond donors (Lipinski definition) is 24. The first-order valence-electron chi connectivity index (χ1n) is 34.2. The number of anilines is 5. The van der Waals surface area contributed by atoms with Gasteiger partial charge in [0, 0.05) is 12.4 Å². The molecule has 25 atom stereocenters. The molecule has 5 aliphatic heterocycles. The quantitative estimate of drug-likeness (QED) is 0.0447. The summed E-state index contributed by atoms with van der Waals surface area (Å²) in [5.41, 5.74) is 50.6. The highest BCUT2D eigenvalue weighted by Crippen LogP contribution is 2.44. The summed E-state index contributed by atoms with van der Waals surface area (Å²) in [6, 6.07) is 1.52. The number of halogens is 1. The summed E-state index contributed by atoms with van der Waals surface area (Å²) in [5.74, 6) is 10.4. The molecule has 10 aromatic rings. The second-order valence-electron chi connectivity index (χ2n) is 27.7. The average molecular weight is 1620 g/mol. The zero-order valence-corrected chi connectivity index (χ0v) is 61.9. The second-order valence-corrected chi connectivity index (χ2v) is 28.1. The summed E-state index contributed by atoms with van der Waals surface area (Å²) in [6.45, 7) is 7.26. The first kappa shape index (κ1) is 84.4. The maximum atomic E-state index is 14.2. The van der Waals surface area contributed by atoms with E-state index in [-0.39, 0.29) is 67.6 Å². The first-order valence-corrected chi connectivity index (χ1v) is 34.6. The number of rotatable bonds is 10. The highest BCUT2D eigenvalue weighted by Gasteiger charge is 2.60. The lowest BCUT2D eigenvalue weighted by Gasteiger charge is -2.28. The molecule has 0 bridgehead atoms. The van der Waals surface area contributed by atoms with Crippen molar-refractivity contribution in [3.05, 3.63) is 85.2 Å². The Morgan fingerprint density at radius 2 is 0.817 bits per heavy atom. The molecule has 15 rings (SSSR count). The second kappa shape index (κ2) is 31.3.